The van der Waals surface area contributed by atoms with Crippen molar-refractivity contribution in [1.82, 2.24) is 5.32 Å². The maximum atomic E-state index is 11.9. The van der Waals surface area contributed by atoms with Crippen LogP contribution in [0.2, 0.25) is 0 Å². The molecule has 1 atom stereocenters. The number of carboxylic acid groups (broad SMARTS) is 1. The fraction of sp³-hybridized carbons (Fsp3) is 0.500. The molecule has 0 aromatic heterocycles. The smallest absolute Gasteiger partial charge is 0.408 e. The first-order valence-electron chi connectivity index (χ1n) is 7.09. The van der Waals surface area contributed by atoms with E-state index < -0.39 is 23.7 Å². The standard InChI is InChI=1S/C16H23NO6/c1-16(2,3)23-15(20)17-11(9-14(18)19)10-6-7-12(21-4)13(8-10)22-5/h6-8,11H,9H2,1-5H3,(H,17,20)(H,18,19)/t11-/m1/s1. The van der Waals surface area contributed by atoms with Gasteiger partial charge in [-0.25, -0.2) is 4.79 Å². The number of alkyl carbamates (subject to hydrolysis) is 1. The zero-order valence-electron chi connectivity index (χ0n) is 14.0. The lowest BCUT2D eigenvalue weighted by atomic mass is 10.0. The maximum absolute atomic E-state index is 11.9. The lowest BCUT2D eigenvalue weighted by Gasteiger charge is -2.23. The molecule has 7 nitrogen and oxygen atoms in total. The number of rotatable bonds is 6. The van der Waals surface area contributed by atoms with Gasteiger partial charge in [0.25, 0.3) is 0 Å². The van der Waals surface area contributed by atoms with Crippen molar-refractivity contribution in [2.45, 2.75) is 38.8 Å². The van der Waals surface area contributed by atoms with E-state index >= 15 is 0 Å². The molecule has 0 saturated heterocycles. The highest BCUT2D eigenvalue weighted by molar-refractivity contribution is 5.72. The van der Waals surface area contributed by atoms with E-state index in [2.05, 4.69) is 5.32 Å². The fourth-order valence-corrected chi connectivity index (χ4v) is 1.95. The van der Waals surface area contributed by atoms with Crippen molar-refractivity contribution < 1.29 is 28.9 Å². The van der Waals surface area contributed by atoms with Gasteiger partial charge in [0, 0.05) is 0 Å². The summed E-state index contributed by atoms with van der Waals surface area (Å²) >= 11 is 0. The van der Waals surface area contributed by atoms with E-state index in [-0.39, 0.29) is 6.42 Å². The molecule has 23 heavy (non-hydrogen) atoms. The van der Waals surface area contributed by atoms with Crippen LogP contribution < -0.4 is 14.8 Å². The normalized spacial score (nSPS) is 12.2. The van der Waals surface area contributed by atoms with E-state index in [1.807, 2.05) is 0 Å². The molecule has 0 saturated carbocycles. The summed E-state index contributed by atoms with van der Waals surface area (Å²) in [5.41, 5.74) is -0.0916. The summed E-state index contributed by atoms with van der Waals surface area (Å²) < 4.78 is 15.5. The Bertz CT molecular complexity index is 564. The van der Waals surface area contributed by atoms with Crippen LogP contribution in [-0.4, -0.2) is 37.0 Å². The van der Waals surface area contributed by atoms with Gasteiger partial charge in [-0.3, -0.25) is 4.79 Å². The molecule has 2 N–H and O–H groups in total. The summed E-state index contributed by atoms with van der Waals surface area (Å²) in [6, 6.07) is 4.21. The van der Waals surface area contributed by atoms with Crippen LogP contribution in [0.5, 0.6) is 11.5 Å². The summed E-state index contributed by atoms with van der Waals surface area (Å²) in [5, 5.41) is 11.6. The number of hydrogen-bond donors (Lipinski definition) is 2. The second-order valence-corrected chi connectivity index (χ2v) is 5.91. The highest BCUT2D eigenvalue weighted by Crippen LogP contribution is 2.31. The van der Waals surface area contributed by atoms with Crippen LogP contribution in [0.25, 0.3) is 0 Å². The average molecular weight is 325 g/mol. The van der Waals surface area contributed by atoms with Crippen molar-refractivity contribution in [1.29, 1.82) is 0 Å². The second kappa shape index (κ2) is 7.71. The number of carbonyl (C=O) groups excluding carboxylic acids is 1. The lowest BCUT2D eigenvalue weighted by molar-refractivity contribution is -0.137. The summed E-state index contributed by atoms with van der Waals surface area (Å²) in [6.07, 6.45) is -0.965. The van der Waals surface area contributed by atoms with Gasteiger partial charge in [-0.2, -0.15) is 0 Å². The Hall–Kier alpha value is -2.44. The van der Waals surface area contributed by atoms with E-state index in [1.54, 1.807) is 39.0 Å². The molecule has 0 aliphatic carbocycles. The molecule has 128 valence electrons. The molecule has 0 bridgehead atoms. The molecule has 1 rings (SSSR count). The SMILES string of the molecule is COc1ccc([C@@H](CC(=O)O)NC(=O)OC(C)(C)C)cc1OC. The summed E-state index contributed by atoms with van der Waals surface area (Å²) in [7, 11) is 2.99. The largest absolute Gasteiger partial charge is 0.493 e. The minimum Gasteiger partial charge on any atom is -0.493 e. The van der Waals surface area contributed by atoms with Crippen molar-refractivity contribution in [2.24, 2.45) is 0 Å². The number of aliphatic carboxylic acids is 1. The Morgan fingerprint density at radius 1 is 1.17 bits per heavy atom. The number of carboxylic acids is 1. The quantitative estimate of drug-likeness (QED) is 0.835. The molecule has 0 aliphatic heterocycles. The summed E-state index contributed by atoms with van der Waals surface area (Å²) in [5.74, 6) is -0.0742. The fourth-order valence-electron chi connectivity index (χ4n) is 1.95. The Labute approximate surface area is 135 Å². The van der Waals surface area contributed by atoms with Gasteiger partial charge in [-0.15, -0.1) is 0 Å². The molecule has 0 radical (unpaired) electrons. The van der Waals surface area contributed by atoms with Crippen LogP contribution in [0.1, 0.15) is 38.8 Å². The van der Waals surface area contributed by atoms with E-state index in [1.165, 1.54) is 14.2 Å². The molecule has 0 fully saturated rings. The maximum Gasteiger partial charge on any atom is 0.408 e. The average Bonchev–Trinajstić information content (AvgIpc) is 2.43. The summed E-state index contributed by atoms with van der Waals surface area (Å²) in [6.45, 7) is 5.19. The number of amides is 1. The van der Waals surface area contributed by atoms with Crippen LogP contribution in [0.3, 0.4) is 0 Å². The van der Waals surface area contributed by atoms with Crippen molar-refractivity contribution >= 4 is 12.1 Å². The number of benzene rings is 1. The molecule has 0 heterocycles. The number of methoxy groups -OCH3 is 2. The van der Waals surface area contributed by atoms with Gasteiger partial charge in [0.15, 0.2) is 11.5 Å². The molecular weight excluding hydrogens is 302 g/mol. The third-order valence-corrected chi connectivity index (χ3v) is 2.88. The topological polar surface area (TPSA) is 94.1 Å². The molecule has 0 aliphatic rings. The van der Waals surface area contributed by atoms with Crippen LogP contribution in [0.15, 0.2) is 18.2 Å². The molecular formula is C16H23NO6. The van der Waals surface area contributed by atoms with Crippen LogP contribution >= 0.6 is 0 Å². The molecule has 1 aromatic carbocycles. The monoisotopic (exact) mass is 325 g/mol. The third-order valence-electron chi connectivity index (χ3n) is 2.88. The van der Waals surface area contributed by atoms with Crippen molar-refractivity contribution in [3.8, 4) is 11.5 Å². The van der Waals surface area contributed by atoms with Gasteiger partial charge in [0.05, 0.1) is 26.7 Å². The van der Waals surface area contributed by atoms with Crippen molar-refractivity contribution in [3.63, 3.8) is 0 Å². The van der Waals surface area contributed by atoms with Crippen LogP contribution in [0, 0.1) is 0 Å². The number of hydrogen-bond acceptors (Lipinski definition) is 5. The predicted molar refractivity (Wildman–Crippen MR) is 83.9 cm³/mol. The zero-order chi connectivity index (χ0) is 17.6. The number of ether oxygens (including phenoxy) is 3. The van der Waals surface area contributed by atoms with Gasteiger partial charge in [0.1, 0.15) is 5.60 Å². The number of nitrogens with one attached hydrogen (secondary N) is 1. The Balaban J connectivity index is 3.02. The zero-order valence-corrected chi connectivity index (χ0v) is 14.0. The highest BCUT2D eigenvalue weighted by atomic mass is 16.6. The summed E-state index contributed by atoms with van der Waals surface area (Å²) in [4.78, 5) is 23.0. The van der Waals surface area contributed by atoms with Gasteiger partial charge < -0.3 is 24.6 Å². The first kappa shape index (κ1) is 18.6. The van der Waals surface area contributed by atoms with E-state index in [9.17, 15) is 9.59 Å². The molecule has 0 spiro atoms. The minimum absolute atomic E-state index is 0.283. The van der Waals surface area contributed by atoms with Gasteiger partial charge in [0.2, 0.25) is 0 Å². The van der Waals surface area contributed by atoms with Crippen molar-refractivity contribution in [3.05, 3.63) is 23.8 Å². The molecule has 1 aromatic rings. The predicted octanol–water partition coefficient (Wildman–Crippen LogP) is 2.74. The van der Waals surface area contributed by atoms with Gasteiger partial charge in [-0.1, -0.05) is 6.07 Å². The Morgan fingerprint density at radius 2 is 1.78 bits per heavy atom. The lowest BCUT2D eigenvalue weighted by Crippen LogP contribution is -2.35. The first-order valence-corrected chi connectivity index (χ1v) is 7.09. The molecule has 7 heteroatoms. The molecule has 0 unspecified atom stereocenters. The first-order chi connectivity index (χ1) is 10.7. The second-order valence-electron chi connectivity index (χ2n) is 5.91. The van der Waals surface area contributed by atoms with Crippen LogP contribution in [0.4, 0.5) is 4.79 Å². The number of carbonyl (C=O) groups is 2. The van der Waals surface area contributed by atoms with E-state index in [4.69, 9.17) is 19.3 Å². The third kappa shape index (κ3) is 6.06. The van der Waals surface area contributed by atoms with E-state index in [0.29, 0.717) is 17.1 Å². The van der Waals surface area contributed by atoms with E-state index in [0.717, 1.165) is 0 Å². The van der Waals surface area contributed by atoms with Gasteiger partial charge in [-0.05, 0) is 38.5 Å². The van der Waals surface area contributed by atoms with Gasteiger partial charge >= 0.3 is 12.1 Å². The minimum atomic E-state index is -1.04. The highest BCUT2D eigenvalue weighted by Gasteiger charge is 2.23. The van der Waals surface area contributed by atoms with Crippen molar-refractivity contribution in [2.75, 3.05) is 14.2 Å². The Kier molecular flexibility index (Phi) is 6.24. The molecule has 1 amide bonds. The van der Waals surface area contributed by atoms with Crippen LogP contribution in [-0.2, 0) is 9.53 Å². The Morgan fingerprint density at radius 3 is 2.26 bits per heavy atom.